The number of nitrogens with one attached hydrogen (secondary N) is 1. The van der Waals surface area contributed by atoms with Crippen LogP contribution in [-0.2, 0) is 9.53 Å². The van der Waals surface area contributed by atoms with Crippen molar-refractivity contribution in [2.75, 3.05) is 39.3 Å². The van der Waals surface area contributed by atoms with E-state index in [1.807, 2.05) is 18.2 Å². The third kappa shape index (κ3) is 5.81. The van der Waals surface area contributed by atoms with Crippen molar-refractivity contribution < 1.29 is 24.2 Å². The molecule has 4 atom stereocenters. The highest BCUT2D eigenvalue weighted by atomic mass is 16.5. The number of nitrogens with zero attached hydrogens (tertiary/aromatic N) is 2. The van der Waals surface area contributed by atoms with Crippen LogP contribution in [0.5, 0.6) is 5.75 Å². The summed E-state index contributed by atoms with van der Waals surface area (Å²) in [5, 5.41) is 13.5. The Hall–Kier alpha value is -2.16. The lowest BCUT2D eigenvalue weighted by Gasteiger charge is -2.42. The van der Waals surface area contributed by atoms with Gasteiger partial charge in [-0.1, -0.05) is 31.4 Å². The van der Waals surface area contributed by atoms with Gasteiger partial charge in [0, 0.05) is 39.1 Å². The number of para-hydroxylation sites is 1. The number of hydrogen-bond acceptors (Lipinski definition) is 6. The van der Waals surface area contributed by atoms with Gasteiger partial charge in [0.1, 0.15) is 17.9 Å². The van der Waals surface area contributed by atoms with E-state index in [9.17, 15) is 14.7 Å². The largest absolute Gasteiger partial charge is 0.493 e. The van der Waals surface area contributed by atoms with Crippen molar-refractivity contribution in [3.05, 3.63) is 29.8 Å². The second-order valence-corrected chi connectivity index (χ2v) is 10.6. The molecule has 0 spiro atoms. The van der Waals surface area contributed by atoms with Gasteiger partial charge in [0.25, 0.3) is 5.91 Å². The minimum absolute atomic E-state index is 0.0386. The van der Waals surface area contributed by atoms with E-state index in [-0.39, 0.29) is 24.5 Å². The lowest BCUT2D eigenvalue weighted by molar-refractivity contribution is -0.135. The summed E-state index contributed by atoms with van der Waals surface area (Å²) in [6, 6.07) is 6.73. The number of piperazine rings is 1. The highest BCUT2D eigenvalue weighted by Crippen LogP contribution is 2.28. The van der Waals surface area contributed by atoms with E-state index in [0.717, 1.165) is 19.5 Å². The Bertz CT molecular complexity index is 889. The summed E-state index contributed by atoms with van der Waals surface area (Å²) in [7, 11) is 0. The van der Waals surface area contributed by atoms with Crippen LogP contribution in [0, 0.1) is 5.92 Å². The summed E-state index contributed by atoms with van der Waals surface area (Å²) < 4.78 is 12.2. The first-order valence-electron chi connectivity index (χ1n) is 13.4. The number of fused-ring (bicyclic) bond motifs is 4. The summed E-state index contributed by atoms with van der Waals surface area (Å²) in [5.41, 5.74) is 0.501. The minimum Gasteiger partial charge on any atom is -0.493 e. The number of ether oxygens (including phenoxy) is 2. The quantitative estimate of drug-likeness (QED) is 0.668. The lowest BCUT2D eigenvalue weighted by Crippen LogP contribution is -2.62. The van der Waals surface area contributed by atoms with E-state index < -0.39 is 18.2 Å². The van der Waals surface area contributed by atoms with Crippen molar-refractivity contribution in [1.82, 2.24) is 15.1 Å². The number of carbonyl (C=O) groups is 2. The number of hydrogen-bond donors (Lipinski definition) is 2. The van der Waals surface area contributed by atoms with E-state index in [2.05, 4.69) is 10.2 Å². The molecule has 2 bridgehead atoms. The van der Waals surface area contributed by atoms with Gasteiger partial charge in [0.05, 0.1) is 24.4 Å². The van der Waals surface area contributed by atoms with E-state index in [4.69, 9.17) is 9.47 Å². The van der Waals surface area contributed by atoms with Crippen LogP contribution in [0.15, 0.2) is 24.3 Å². The van der Waals surface area contributed by atoms with Gasteiger partial charge in [-0.15, -0.1) is 0 Å². The minimum atomic E-state index is -0.604. The predicted molar refractivity (Wildman–Crippen MR) is 131 cm³/mol. The number of aliphatic hydroxyl groups is 1. The number of aliphatic hydroxyl groups excluding tert-OH is 1. The third-order valence-corrected chi connectivity index (χ3v) is 8.14. The molecule has 8 heteroatoms. The molecule has 1 saturated carbocycles. The van der Waals surface area contributed by atoms with Crippen LogP contribution in [-0.4, -0.2) is 90.4 Å². The Morgan fingerprint density at radius 3 is 2.69 bits per heavy atom. The van der Waals surface area contributed by atoms with E-state index in [0.29, 0.717) is 49.8 Å². The number of benzene rings is 1. The number of carbonyl (C=O) groups excluding carboxylic acids is 2. The van der Waals surface area contributed by atoms with Crippen LogP contribution < -0.4 is 10.1 Å². The molecule has 35 heavy (non-hydrogen) atoms. The van der Waals surface area contributed by atoms with Gasteiger partial charge in [-0.3, -0.25) is 14.5 Å². The Balaban J connectivity index is 1.38. The van der Waals surface area contributed by atoms with Crippen molar-refractivity contribution in [2.45, 2.75) is 75.7 Å². The molecule has 3 fully saturated rings. The summed E-state index contributed by atoms with van der Waals surface area (Å²) in [4.78, 5) is 31.3. The molecule has 8 nitrogen and oxygen atoms in total. The van der Waals surface area contributed by atoms with Gasteiger partial charge in [0.15, 0.2) is 0 Å². The molecule has 4 aliphatic rings. The molecule has 192 valence electrons. The van der Waals surface area contributed by atoms with Crippen molar-refractivity contribution in [2.24, 2.45) is 5.92 Å². The fourth-order valence-corrected chi connectivity index (χ4v) is 6.10. The maximum Gasteiger partial charge on any atom is 0.258 e. The highest BCUT2D eigenvalue weighted by molar-refractivity contribution is 6.00. The van der Waals surface area contributed by atoms with Gasteiger partial charge in [-0.05, 0) is 43.7 Å². The summed E-state index contributed by atoms with van der Waals surface area (Å²) in [6.07, 6.45) is 7.37. The fourth-order valence-electron chi connectivity index (χ4n) is 6.10. The highest BCUT2D eigenvalue weighted by Gasteiger charge is 2.38. The summed E-state index contributed by atoms with van der Waals surface area (Å²) >= 11 is 0. The van der Waals surface area contributed by atoms with Crippen LogP contribution in [0.25, 0.3) is 0 Å². The molecule has 1 aliphatic carbocycles. The molecule has 0 radical (unpaired) electrons. The van der Waals surface area contributed by atoms with Gasteiger partial charge < -0.3 is 24.8 Å². The number of rotatable bonds is 2. The maximum absolute atomic E-state index is 13.7. The molecule has 2 saturated heterocycles. The van der Waals surface area contributed by atoms with Crippen LogP contribution in [0.4, 0.5) is 0 Å². The van der Waals surface area contributed by atoms with Crippen LogP contribution in [0.1, 0.15) is 61.7 Å². The van der Waals surface area contributed by atoms with Crippen molar-refractivity contribution >= 4 is 11.8 Å². The molecular formula is C27H39N3O5. The van der Waals surface area contributed by atoms with E-state index >= 15 is 0 Å². The van der Waals surface area contributed by atoms with Gasteiger partial charge in [-0.25, -0.2) is 0 Å². The smallest absolute Gasteiger partial charge is 0.258 e. The standard InChI is InChI=1S/C27H39N3O5/c31-23-11-10-20-12-15-34-24-9-5-4-8-21(24)27(33)30-14-13-29(17-19-6-2-1-3-7-19)18-22(30)26(32)28-16-25(23)35-20/h4-5,8-9,19-20,22-23,25,31H,1-3,6-7,10-18H2,(H,28,32)/t20-,22-,23-,25+/m0/s1. The van der Waals surface area contributed by atoms with Crippen molar-refractivity contribution in [3.63, 3.8) is 0 Å². The zero-order valence-electron chi connectivity index (χ0n) is 20.6. The monoisotopic (exact) mass is 485 g/mol. The van der Waals surface area contributed by atoms with Crippen LogP contribution in [0.3, 0.4) is 0 Å². The van der Waals surface area contributed by atoms with E-state index in [1.165, 1.54) is 32.1 Å². The molecule has 2 amide bonds. The molecule has 3 heterocycles. The Labute approximate surface area is 207 Å². The van der Waals surface area contributed by atoms with Gasteiger partial charge in [0.2, 0.25) is 5.91 Å². The van der Waals surface area contributed by atoms with Crippen LogP contribution >= 0.6 is 0 Å². The SMILES string of the molecule is O=C1NC[C@H]2O[C@H](CCOc3ccccc3C(=O)N3CCN(CC4CCCCC4)C[C@@H]13)CC[C@@H]2O. The van der Waals surface area contributed by atoms with Gasteiger partial charge in [-0.2, -0.15) is 0 Å². The molecule has 3 aliphatic heterocycles. The Morgan fingerprint density at radius 2 is 1.83 bits per heavy atom. The third-order valence-electron chi connectivity index (χ3n) is 8.14. The fraction of sp³-hybridized carbons (Fsp3) is 0.704. The summed E-state index contributed by atoms with van der Waals surface area (Å²) in [6.45, 7) is 3.45. The molecular weight excluding hydrogens is 446 g/mol. The second kappa shape index (κ2) is 11.3. The maximum atomic E-state index is 13.7. The predicted octanol–water partition coefficient (Wildman–Crippen LogP) is 2.20. The molecule has 0 aromatic heterocycles. The first-order chi connectivity index (χ1) is 17.1. The molecule has 0 unspecified atom stereocenters. The zero-order chi connectivity index (χ0) is 24.2. The molecule has 1 aromatic carbocycles. The Morgan fingerprint density at radius 1 is 1.00 bits per heavy atom. The normalized spacial score (nSPS) is 31.5. The average molecular weight is 486 g/mol. The van der Waals surface area contributed by atoms with Crippen molar-refractivity contribution in [1.29, 1.82) is 0 Å². The average Bonchev–Trinajstić information content (AvgIpc) is 2.88. The molecule has 2 N–H and O–H groups in total. The Kier molecular flexibility index (Phi) is 7.90. The first kappa shape index (κ1) is 24.5. The molecule has 1 aromatic rings. The lowest BCUT2D eigenvalue weighted by atomic mass is 9.88. The number of amides is 2. The van der Waals surface area contributed by atoms with E-state index in [1.54, 1.807) is 11.0 Å². The van der Waals surface area contributed by atoms with Crippen molar-refractivity contribution in [3.8, 4) is 5.75 Å². The first-order valence-corrected chi connectivity index (χ1v) is 13.4. The topological polar surface area (TPSA) is 91.3 Å². The molecule has 5 rings (SSSR count). The second-order valence-electron chi connectivity index (χ2n) is 10.6. The summed E-state index contributed by atoms with van der Waals surface area (Å²) in [5.74, 6) is 0.877. The van der Waals surface area contributed by atoms with Gasteiger partial charge >= 0.3 is 0 Å². The van der Waals surface area contributed by atoms with Crippen LogP contribution in [0.2, 0.25) is 0 Å². The zero-order valence-corrected chi connectivity index (χ0v) is 20.6.